The number of nitrogens with one attached hydrogen (secondary N) is 1. The van der Waals surface area contributed by atoms with Crippen LogP contribution >= 0.6 is 0 Å². The highest BCUT2D eigenvalue weighted by Crippen LogP contribution is 2.18. The Kier molecular flexibility index (Phi) is 4.10. The van der Waals surface area contributed by atoms with Gasteiger partial charge in [-0.25, -0.2) is 0 Å². The molecule has 4 heteroatoms. The second-order valence-electron chi connectivity index (χ2n) is 4.44. The second-order valence-corrected chi connectivity index (χ2v) is 4.44. The van der Waals surface area contributed by atoms with E-state index in [4.69, 9.17) is 0 Å². The Bertz CT molecular complexity index is 490. The number of likely N-dealkylation sites (N-methyl/N-ethyl adjacent to an activating group) is 1. The summed E-state index contributed by atoms with van der Waals surface area (Å²) in [7, 11) is 4.00. The van der Waals surface area contributed by atoms with E-state index in [-0.39, 0.29) is 6.04 Å². The standard InChI is InChI=1S/C14H20N4/c1-4-12-10-14(18(3)17-12)13(15-2)9-11-5-7-16-8-6-11/h5-8,10,13,15H,4,9H2,1-3H3. The Labute approximate surface area is 108 Å². The third-order valence-electron chi connectivity index (χ3n) is 3.22. The SMILES string of the molecule is CCc1cc(C(Cc2ccncc2)NC)n(C)n1. The molecule has 1 N–H and O–H groups in total. The molecule has 0 saturated carbocycles. The van der Waals surface area contributed by atoms with Crippen molar-refractivity contribution in [1.82, 2.24) is 20.1 Å². The van der Waals surface area contributed by atoms with Gasteiger partial charge in [0.05, 0.1) is 17.4 Å². The van der Waals surface area contributed by atoms with Crippen LogP contribution in [0.15, 0.2) is 30.6 Å². The van der Waals surface area contributed by atoms with Crippen LogP contribution in [0.5, 0.6) is 0 Å². The lowest BCUT2D eigenvalue weighted by molar-refractivity contribution is 0.536. The maximum absolute atomic E-state index is 4.50. The molecule has 2 rings (SSSR count). The molecule has 0 bridgehead atoms. The smallest absolute Gasteiger partial charge is 0.0625 e. The first-order chi connectivity index (χ1) is 8.74. The van der Waals surface area contributed by atoms with Crippen LogP contribution in [0.25, 0.3) is 0 Å². The van der Waals surface area contributed by atoms with Crippen molar-refractivity contribution in [1.29, 1.82) is 0 Å². The first-order valence-electron chi connectivity index (χ1n) is 6.33. The van der Waals surface area contributed by atoms with Gasteiger partial charge in [0.15, 0.2) is 0 Å². The molecule has 96 valence electrons. The average Bonchev–Trinajstić information content (AvgIpc) is 2.78. The van der Waals surface area contributed by atoms with E-state index in [0.29, 0.717) is 0 Å². The summed E-state index contributed by atoms with van der Waals surface area (Å²) in [5.74, 6) is 0. The van der Waals surface area contributed by atoms with E-state index in [0.717, 1.165) is 18.5 Å². The molecular weight excluding hydrogens is 224 g/mol. The van der Waals surface area contributed by atoms with Crippen molar-refractivity contribution >= 4 is 0 Å². The lowest BCUT2D eigenvalue weighted by atomic mass is 10.0. The first-order valence-corrected chi connectivity index (χ1v) is 6.33. The van der Waals surface area contributed by atoms with Gasteiger partial charge in [0.25, 0.3) is 0 Å². The Morgan fingerprint density at radius 2 is 2.06 bits per heavy atom. The minimum atomic E-state index is 0.283. The molecule has 2 aromatic heterocycles. The fraction of sp³-hybridized carbons (Fsp3) is 0.429. The first kappa shape index (κ1) is 12.8. The summed E-state index contributed by atoms with van der Waals surface area (Å²) in [5, 5.41) is 7.87. The highest BCUT2D eigenvalue weighted by molar-refractivity contribution is 5.19. The Balaban J connectivity index is 2.20. The third-order valence-corrected chi connectivity index (χ3v) is 3.22. The van der Waals surface area contributed by atoms with E-state index >= 15 is 0 Å². The maximum atomic E-state index is 4.50. The average molecular weight is 244 g/mol. The van der Waals surface area contributed by atoms with E-state index in [1.165, 1.54) is 11.3 Å². The predicted molar refractivity (Wildman–Crippen MR) is 72.3 cm³/mol. The zero-order chi connectivity index (χ0) is 13.0. The van der Waals surface area contributed by atoms with E-state index in [2.05, 4.69) is 40.5 Å². The third kappa shape index (κ3) is 2.76. The zero-order valence-corrected chi connectivity index (χ0v) is 11.2. The fourth-order valence-corrected chi connectivity index (χ4v) is 2.15. The lowest BCUT2D eigenvalue weighted by Gasteiger charge is -2.16. The number of aryl methyl sites for hydroxylation is 2. The van der Waals surface area contributed by atoms with Crippen molar-refractivity contribution in [3.05, 3.63) is 47.5 Å². The van der Waals surface area contributed by atoms with Crippen LogP contribution in [-0.4, -0.2) is 21.8 Å². The summed E-state index contributed by atoms with van der Waals surface area (Å²) < 4.78 is 1.97. The van der Waals surface area contributed by atoms with Gasteiger partial charge < -0.3 is 5.32 Å². The zero-order valence-electron chi connectivity index (χ0n) is 11.2. The van der Waals surface area contributed by atoms with Gasteiger partial charge in [-0.15, -0.1) is 0 Å². The molecule has 0 saturated heterocycles. The van der Waals surface area contributed by atoms with Gasteiger partial charge in [-0.2, -0.15) is 5.10 Å². The number of pyridine rings is 1. The normalized spacial score (nSPS) is 12.6. The minimum absolute atomic E-state index is 0.283. The quantitative estimate of drug-likeness (QED) is 0.873. The van der Waals surface area contributed by atoms with E-state index in [1.54, 1.807) is 0 Å². The summed E-state index contributed by atoms with van der Waals surface area (Å²) in [4.78, 5) is 4.05. The van der Waals surface area contributed by atoms with Gasteiger partial charge in [0.1, 0.15) is 0 Å². The largest absolute Gasteiger partial charge is 0.311 e. The molecule has 0 aliphatic heterocycles. The van der Waals surface area contributed by atoms with Crippen molar-refractivity contribution in [2.24, 2.45) is 7.05 Å². The van der Waals surface area contributed by atoms with Crippen molar-refractivity contribution in [2.45, 2.75) is 25.8 Å². The van der Waals surface area contributed by atoms with Crippen molar-refractivity contribution in [3.63, 3.8) is 0 Å². The number of hydrogen-bond acceptors (Lipinski definition) is 3. The summed E-state index contributed by atoms with van der Waals surface area (Å²) in [6.45, 7) is 2.13. The summed E-state index contributed by atoms with van der Waals surface area (Å²) in [6.07, 6.45) is 5.59. The molecule has 0 aromatic carbocycles. The second kappa shape index (κ2) is 5.78. The number of hydrogen-bond donors (Lipinski definition) is 1. The molecule has 0 fully saturated rings. The van der Waals surface area contributed by atoms with Crippen LogP contribution in [0.2, 0.25) is 0 Å². The molecule has 2 heterocycles. The maximum Gasteiger partial charge on any atom is 0.0625 e. The molecule has 0 spiro atoms. The molecule has 2 aromatic rings. The molecule has 0 radical (unpaired) electrons. The number of aromatic nitrogens is 3. The summed E-state index contributed by atoms with van der Waals surface area (Å²) >= 11 is 0. The summed E-state index contributed by atoms with van der Waals surface area (Å²) in [5.41, 5.74) is 3.65. The van der Waals surface area contributed by atoms with Crippen LogP contribution in [0.1, 0.15) is 29.9 Å². The molecule has 0 aliphatic rings. The predicted octanol–water partition coefficient (Wildman–Crippen LogP) is 1.88. The van der Waals surface area contributed by atoms with Gasteiger partial charge in [-0.1, -0.05) is 6.92 Å². The molecule has 4 nitrogen and oxygen atoms in total. The van der Waals surface area contributed by atoms with Gasteiger partial charge in [-0.05, 0) is 43.7 Å². The molecular formula is C14H20N4. The topological polar surface area (TPSA) is 42.7 Å². The van der Waals surface area contributed by atoms with Crippen LogP contribution < -0.4 is 5.32 Å². The Hall–Kier alpha value is -1.68. The van der Waals surface area contributed by atoms with Crippen LogP contribution in [0, 0.1) is 0 Å². The Morgan fingerprint density at radius 3 is 2.61 bits per heavy atom. The molecule has 18 heavy (non-hydrogen) atoms. The summed E-state index contributed by atoms with van der Waals surface area (Å²) in [6, 6.07) is 6.58. The van der Waals surface area contributed by atoms with Gasteiger partial charge >= 0.3 is 0 Å². The molecule has 1 unspecified atom stereocenters. The fourth-order valence-electron chi connectivity index (χ4n) is 2.15. The van der Waals surface area contributed by atoms with E-state index < -0.39 is 0 Å². The Morgan fingerprint density at radius 1 is 1.33 bits per heavy atom. The number of nitrogens with zero attached hydrogens (tertiary/aromatic N) is 3. The lowest BCUT2D eigenvalue weighted by Crippen LogP contribution is -2.21. The molecule has 0 aliphatic carbocycles. The van der Waals surface area contributed by atoms with Crippen LogP contribution in [-0.2, 0) is 19.9 Å². The van der Waals surface area contributed by atoms with E-state index in [9.17, 15) is 0 Å². The highest BCUT2D eigenvalue weighted by Gasteiger charge is 2.15. The van der Waals surface area contributed by atoms with Crippen molar-refractivity contribution in [3.8, 4) is 0 Å². The van der Waals surface area contributed by atoms with Crippen LogP contribution in [0.3, 0.4) is 0 Å². The van der Waals surface area contributed by atoms with Crippen LogP contribution in [0.4, 0.5) is 0 Å². The highest BCUT2D eigenvalue weighted by atomic mass is 15.3. The van der Waals surface area contributed by atoms with Crippen molar-refractivity contribution < 1.29 is 0 Å². The minimum Gasteiger partial charge on any atom is -0.311 e. The van der Waals surface area contributed by atoms with Gasteiger partial charge in [0, 0.05) is 19.4 Å². The molecule has 0 amide bonds. The van der Waals surface area contributed by atoms with Gasteiger partial charge in [-0.3, -0.25) is 9.67 Å². The van der Waals surface area contributed by atoms with Crippen molar-refractivity contribution in [2.75, 3.05) is 7.05 Å². The monoisotopic (exact) mass is 244 g/mol. The molecule has 1 atom stereocenters. The number of rotatable bonds is 5. The van der Waals surface area contributed by atoms with Gasteiger partial charge in [0.2, 0.25) is 0 Å². The van der Waals surface area contributed by atoms with E-state index in [1.807, 2.05) is 31.2 Å².